The van der Waals surface area contributed by atoms with Crippen molar-refractivity contribution in [1.82, 2.24) is 19.8 Å². The quantitative estimate of drug-likeness (QED) is 0.651. The highest BCUT2D eigenvalue weighted by atomic mass is 32.2. The maximum absolute atomic E-state index is 12.5. The number of hydrogen-bond acceptors (Lipinski definition) is 6. The number of piperazine rings is 1. The molecule has 25 heavy (non-hydrogen) atoms. The van der Waals surface area contributed by atoms with Crippen LogP contribution in [-0.4, -0.2) is 64.7 Å². The van der Waals surface area contributed by atoms with E-state index in [4.69, 9.17) is 0 Å². The lowest BCUT2D eigenvalue weighted by Gasteiger charge is -2.32. The monoisotopic (exact) mass is 378 g/mol. The van der Waals surface area contributed by atoms with E-state index in [-0.39, 0.29) is 11.5 Å². The summed E-state index contributed by atoms with van der Waals surface area (Å²) in [6, 6.07) is 0. The number of thiophene rings is 1. The van der Waals surface area contributed by atoms with Crippen molar-refractivity contribution >= 4 is 39.2 Å². The minimum atomic E-state index is -0.0565. The Hall–Kier alpha value is -1.38. The molecule has 2 aliphatic rings. The number of hydrogen-bond donors (Lipinski definition) is 1. The molecule has 8 heteroatoms. The van der Waals surface area contributed by atoms with Crippen LogP contribution >= 0.6 is 23.1 Å². The number of carbonyl (C=O) groups is 1. The van der Waals surface area contributed by atoms with Gasteiger partial charge in [-0.3, -0.25) is 9.59 Å². The molecule has 1 aliphatic heterocycles. The normalized spacial score (nSPS) is 18.5. The summed E-state index contributed by atoms with van der Waals surface area (Å²) >= 11 is 2.98. The van der Waals surface area contributed by atoms with Crippen LogP contribution in [0.2, 0.25) is 0 Å². The van der Waals surface area contributed by atoms with E-state index in [1.807, 2.05) is 4.90 Å². The van der Waals surface area contributed by atoms with Gasteiger partial charge in [0.25, 0.3) is 5.56 Å². The number of nitrogens with zero attached hydrogens (tertiary/aromatic N) is 3. The van der Waals surface area contributed by atoms with Crippen molar-refractivity contribution in [3.8, 4) is 0 Å². The molecule has 0 bridgehead atoms. The van der Waals surface area contributed by atoms with Crippen LogP contribution in [0, 0.1) is 0 Å². The molecule has 0 radical (unpaired) electrons. The molecule has 1 N–H and O–H groups in total. The summed E-state index contributed by atoms with van der Waals surface area (Å²) in [6.07, 6.45) is 4.38. The fourth-order valence-corrected chi connectivity index (χ4v) is 5.57. The molecule has 6 nitrogen and oxygen atoms in total. The van der Waals surface area contributed by atoms with Gasteiger partial charge in [0.15, 0.2) is 5.16 Å². The van der Waals surface area contributed by atoms with Crippen LogP contribution in [-0.2, 0) is 17.6 Å². The minimum absolute atomic E-state index is 0.0565. The lowest BCUT2D eigenvalue weighted by molar-refractivity contribution is -0.129. The maximum atomic E-state index is 12.5. The van der Waals surface area contributed by atoms with E-state index in [1.54, 1.807) is 11.3 Å². The number of nitrogens with one attached hydrogen (secondary N) is 1. The summed E-state index contributed by atoms with van der Waals surface area (Å²) in [7, 11) is 2.07. The number of rotatable bonds is 3. The Bertz CT molecular complexity index is 852. The van der Waals surface area contributed by atoms with E-state index in [2.05, 4.69) is 21.9 Å². The van der Waals surface area contributed by atoms with E-state index < -0.39 is 0 Å². The highest BCUT2D eigenvalue weighted by molar-refractivity contribution is 7.99. The standard InChI is InChI=1S/C17H22N4O2S2/c1-20-6-8-21(9-7-20)13(22)10-24-17-18-15(23)14-11-4-2-3-5-12(11)25-16(14)19-17/h2-10H2,1H3,(H,18,19,23). The number of H-pyrrole nitrogens is 1. The van der Waals surface area contributed by atoms with Crippen LogP contribution < -0.4 is 5.56 Å². The van der Waals surface area contributed by atoms with Gasteiger partial charge in [-0.1, -0.05) is 11.8 Å². The summed E-state index contributed by atoms with van der Waals surface area (Å²) in [5.74, 6) is 0.440. The Kier molecular flexibility index (Phi) is 4.84. The van der Waals surface area contributed by atoms with Crippen molar-refractivity contribution in [3.05, 3.63) is 20.8 Å². The Morgan fingerprint density at radius 3 is 2.80 bits per heavy atom. The summed E-state index contributed by atoms with van der Waals surface area (Å²) < 4.78 is 0. The number of aromatic amines is 1. The number of thioether (sulfide) groups is 1. The van der Waals surface area contributed by atoms with Crippen molar-refractivity contribution < 1.29 is 4.79 Å². The number of carbonyl (C=O) groups excluding carboxylic acids is 1. The van der Waals surface area contributed by atoms with E-state index in [1.165, 1.54) is 28.6 Å². The van der Waals surface area contributed by atoms with Gasteiger partial charge < -0.3 is 14.8 Å². The molecule has 0 aromatic carbocycles. The first-order valence-electron chi connectivity index (χ1n) is 8.75. The second-order valence-electron chi connectivity index (χ2n) is 6.73. The van der Waals surface area contributed by atoms with Crippen molar-refractivity contribution in [2.75, 3.05) is 39.0 Å². The third-order valence-corrected chi connectivity index (χ3v) is 7.04. The van der Waals surface area contributed by atoms with Gasteiger partial charge in [-0.15, -0.1) is 11.3 Å². The van der Waals surface area contributed by atoms with Crippen LogP contribution in [0.1, 0.15) is 23.3 Å². The smallest absolute Gasteiger partial charge is 0.260 e. The molecule has 4 rings (SSSR count). The number of aromatic nitrogens is 2. The lowest BCUT2D eigenvalue weighted by Crippen LogP contribution is -2.47. The molecule has 1 fully saturated rings. The van der Waals surface area contributed by atoms with Gasteiger partial charge in [0, 0.05) is 31.1 Å². The molecule has 0 saturated carbocycles. The summed E-state index contributed by atoms with van der Waals surface area (Å²) in [6.45, 7) is 3.38. The van der Waals surface area contributed by atoms with E-state index in [9.17, 15) is 9.59 Å². The van der Waals surface area contributed by atoms with Crippen molar-refractivity contribution in [1.29, 1.82) is 0 Å². The summed E-state index contributed by atoms with van der Waals surface area (Å²) in [4.78, 5) is 38.6. The van der Waals surface area contributed by atoms with Crippen LogP contribution in [0.25, 0.3) is 10.2 Å². The zero-order chi connectivity index (χ0) is 17.4. The van der Waals surface area contributed by atoms with Gasteiger partial charge in [-0.05, 0) is 38.3 Å². The Labute approximate surface area is 154 Å². The summed E-state index contributed by atoms with van der Waals surface area (Å²) in [5, 5.41) is 1.33. The van der Waals surface area contributed by atoms with Crippen molar-refractivity contribution in [3.63, 3.8) is 0 Å². The average molecular weight is 379 g/mol. The molecule has 2 aromatic heterocycles. The third-order valence-electron chi connectivity index (χ3n) is 4.99. The van der Waals surface area contributed by atoms with Crippen LogP contribution in [0.3, 0.4) is 0 Å². The first-order valence-corrected chi connectivity index (χ1v) is 10.6. The zero-order valence-corrected chi connectivity index (χ0v) is 16.0. The predicted octanol–water partition coefficient (Wildman–Crippen LogP) is 1.73. The van der Waals surface area contributed by atoms with Crippen LogP contribution in [0.4, 0.5) is 0 Å². The van der Waals surface area contributed by atoms with Gasteiger partial charge in [0.2, 0.25) is 5.91 Å². The number of aryl methyl sites for hydroxylation is 2. The van der Waals surface area contributed by atoms with Gasteiger partial charge in [0.1, 0.15) is 4.83 Å². The molecule has 0 unspecified atom stereocenters. The first kappa shape index (κ1) is 17.1. The molecule has 2 aromatic rings. The van der Waals surface area contributed by atoms with Gasteiger partial charge >= 0.3 is 0 Å². The highest BCUT2D eigenvalue weighted by Crippen LogP contribution is 2.34. The van der Waals surface area contributed by atoms with Gasteiger partial charge in [0.05, 0.1) is 11.1 Å². The van der Waals surface area contributed by atoms with Crippen molar-refractivity contribution in [2.45, 2.75) is 30.8 Å². The minimum Gasteiger partial charge on any atom is -0.339 e. The molecule has 1 saturated heterocycles. The molecular weight excluding hydrogens is 356 g/mol. The predicted molar refractivity (Wildman–Crippen MR) is 102 cm³/mol. The van der Waals surface area contributed by atoms with Gasteiger partial charge in [-0.25, -0.2) is 4.98 Å². The Balaban J connectivity index is 1.48. The number of fused-ring (bicyclic) bond motifs is 3. The zero-order valence-electron chi connectivity index (χ0n) is 14.3. The van der Waals surface area contributed by atoms with Gasteiger partial charge in [-0.2, -0.15) is 0 Å². The summed E-state index contributed by atoms with van der Waals surface area (Å²) in [5.41, 5.74) is 1.14. The van der Waals surface area contributed by atoms with Crippen molar-refractivity contribution in [2.24, 2.45) is 0 Å². The molecule has 1 amide bonds. The molecule has 134 valence electrons. The first-order chi connectivity index (χ1) is 12.1. The number of amides is 1. The third kappa shape index (κ3) is 3.47. The Morgan fingerprint density at radius 2 is 2.00 bits per heavy atom. The van der Waals surface area contributed by atoms with E-state index in [0.29, 0.717) is 10.9 Å². The number of likely N-dealkylation sites (N-methyl/N-ethyl adjacent to an activating group) is 1. The van der Waals surface area contributed by atoms with Crippen LogP contribution in [0.5, 0.6) is 0 Å². The SMILES string of the molecule is CN1CCN(C(=O)CSc2nc3sc4c(c3c(=O)[nH]2)CCCC4)CC1. The van der Waals surface area contributed by atoms with E-state index >= 15 is 0 Å². The topological polar surface area (TPSA) is 69.3 Å². The molecule has 3 heterocycles. The second-order valence-corrected chi connectivity index (χ2v) is 8.78. The van der Waals surface area contributed by atoms with Crippen LogP contribution in [0.15, 0.2) is 9.95 Å². The molecule has 0 spiro atoms. The fourth-order valence-electron chi connectivity index (χ4n) is 3.49. The average Bonchev–Trinajstić information content (AvgIpc) is 2.99. The Morgan fingerprint density at radius 1 is 1.24 bits per heavy atom. The largest absolute Gasteiger partial charge is 0.339 e. The highest BCUT2D eigenvalue weighted by Gasteiger charge is 2.21. The molecule has 0 atom stereocenters. The second kappa shape index (κ2) is 7.09. The fraction of sp³-hybridized carbons (Fsp3) is 0.588. The maximum Gasteiger partial charge on any atom is 0.260 e. The molecular formula is C17H22N4O2S2. The van der Waals surface area contributed by atoms with E-state index in [0.717, 1.165) is 55.7 Å². The lowest BCUT2D eigenvalue weighted by atomic mass is 9.97. The molecule has 1 aliphatic carbocycles.